The van der Waals surface area contributed by atoms with E-state index in [4.69, 9.17) is 0 Å². The van der Waals surface area contributed by atoms with E-state index in [9.17, 15) is 4.79 Å². The molecule has 0 radical (unpaired) electrons. The molecule has 0 rings (SSSR count). The third-order valence-electron chi connectivity index (χ3n) is 9.53. The van der Waals surface area contributed by atoms with Gasteiger partial charge in [-0.1, -0.05) is 194 Å². The topological polar surface area (TPSA) is 23.6 Å². The van der Waals surface area contributed by atoms with Crippen LogP contribution in [0.25, 0.3) is 0 Å². The summed E-state index contributed by atoms with van der Waals surface area (Å²) < 4.78 is 0. The van der Waals surface area contributed by atoms with E-state index in [1.54, 1.807) is 0 Å². The first-order chi connectivity index (χ1) is 21.2. The van der Waals surface area contributed by atoms with E-state index in [1.807, 2.05) is 0 Å². The fraction of sp³-hybridized carbons (Fsp3) is 0.975. The summed E-state index contributed by atoms with van der Waals surface area (Å²) in [6.07, 6.45) is 41.1. The highest BCUT2D eigenvalue weighted by Gasteiger charge is 2.16. The molecule has 258 valence electrons. The Kier molecular flexibility index (Phi) is 35.4. The second-order valence-electron chi connectivity index (χ2n) is 13.8. The zero-order valence-corrected chi connectivity index (χ0v) is 30.6. The van der Waals surface area contributed by atoms with E-state index in [0.717, 1.165) is 26.2 Å². The van der Waals surface area contributed by atoms with Crippen molar-refractivity contribution in [3.8, 4) is 0 Å². The van der Waals surface area contributed by atoms with Crippen LogP contribution in [0.3, 0.4) is 0 Å². The smallest absolute Gasteiger partial charge is 0.236 e. The fourth-order valence-corrected chi connectivity index (χ4v) is 6.46. The fourth-order valence-electron chi connectivity index (χ4n) is 6.46. The second-order valence-corrected chi connectivity index (χ2v) is 13.8. The van der Waals surface area contributed by atoms with Gasteiger partial charge in [0.15, 0.2) is 0 Å². The summed E-state index contributed by atoms with van der Waals surface area (Å²) in [5.41, 5.74) is 0. The molecule has 0 aromatic heterocycles. The summed E-state index contributed by atoms with van der Waals surface area (Å²) in [6.45, 7) is 13.7. The second kappa shape index (κ2) is 35.9. The number of hydrogen-bond acceptors (Lipinski definition) is 2. The number of unbranched alkanes of at least 4 members (excludes halogenated alkanes) is 27. The predicted octanol–water partition coefficient (Wildman–Crippen LogP) is 12.9. The first kappa shape index (κ1) is 42.4. The number of amides is 1. The van der Waals surface area contributed by atoms with Crippen LogP contribution in [0.5, 0.6) is 0 Å². The van der Waals surface area contributed by atoms with Crippen molar-refractivity contribution in [1.29, 1.82) is 0 Å². The molecule has 0 N–H and O–H groups in total. The highest BCUT2D eigenvalue weighted by molar-refractivity contribution is 5.78. The van der Waals surface area contributed by atoms with Gasteiger partial charge in [-0.15, -0.1) is 0 Å². The van der Waals surface area contributed by atoms with Gasteiger partial charge in [-0.05, 0) is 39.3 Å². The number of carbonyl (C=O) groups is 1. The zero-order chi connectivity index (χ0) is 31.5. The van der Waals surface area contributed by atoms with Crippen LogP contribution in [-0.2, 0) is 4.79 Å². The molecule has 3 heteroatoms. The Morgan fingerprint density at radius 2 is 0.605 bits per heavy atom. The van der Waals surface area contributed by atoms with Gasteiger partial charge in [0.05, 0.1) is 6.54 Å². The molecule has 0 unspecified atom stereocenters. The van der Waals surface area contributed by atoms with E-state index in [1.165, 1.54) is 193 Å². The van der Waals surface area contributed by atoms with Crippen LogP contribution in [0.4, 0.5) is 0 Å². The van der Waals surface area contributed by atoms with Crippen LogP contribution in [0.2, 0.25) is 0 Å². The Labute approximate surface area is 273 Å². The molecule has 0 aliphatic rings. The van der Waals surface area contributed by atoms with Gasteiger partial charge in [-0.25, -0.2) is 0 Å². The number of nitrogens with zero attached hydrogens (tertiary/aromatic N) is 2. The standard InChI is InChI=1S/C40H82N2O/c1-5-9-12-15-18-21-24-27-30-33-36-41(37-34-31-28-25-22-19-16-13-10-6-2)39-40(43)42(8-4)38-35-32-29-26-23-20-17-14-11-7-3/h5-39H2,1-4H3. The van der Waals surface area contributed by atoms with E-state index in [2.05, 4.69) is 37.5 Å². The SMILES string of the molecule is CCCCCCCCCCCCN(CCCCCCCCCCCC)CC(=O)N(CC)CCCCCCCCCCCC. The average molecular weight is 607 g/mol. The van der Waals surface area contributed by atoms with Crippen molar-refractivity contribution >= 4 is 5.91 Å². The van der Waals surface area contributed by atoms with Crippen molar-refractivity contribution < 1.29 is 4.79 Å². The quantitative estimate of drug-likeness (QED) is 0.0662. The Bertz CT molecular complexity index is 513. The molecule has 3 nitrogen and oxygen atoms in total. The maximum absolute atomic E-state index is 13.3. The molecule has 0 aromatic carbocycles. The van der Waals surface area contributed by atoms with E-state index < -0.39 is 0 Å². The van der Waals surface area contributed by atoms with Crippen LogP contribution < -0.4 is 0 Å². The maximum Gasteiger partial charge on any atom is 0.236 e. The van der Waals surface area contributed by atoms with Gasteiger partial charge in [0.25, 0.3) is 0 Å². The highest BCUT2D eigenvalue weighted by Crippen LogP contribution is 2.14. The lowest BCUT2D eigenvalue weighted by Crippen LogP contribution is -2.41. The molecule has 0 aliphatic carbocycles. The van der Waals surface area contributed by atoms with Gasteiger partial charge < -0.3 is 4.90 Å². The molecule has 0 heterocycles. The summed E-state index contributed by atoms with van der Waals surface area (Å²) in [5, 5.41) is 0. The highest BCUT2D eigenvalue weighted by atomic mass is 16.2. The minimum Gasteiger partial charge on any atom is -0.342 e. The Balaban J connectivity index is 4.31. The third kappa shape index (κ3) is 31.2. The lowest BCUT2D eigenvalue weighted by molar-refractivity contribution is -0.132. The Hall–Kier alpha value is -0.570. The largest absolute Gasteiger partial charge is 0.342 e. The van der Waals surface area contributed by atoms with Crippen LogP contribution in [0, 0.1) is 0 Å². The van der Waals surface area contributed by atoms with Crippen molar-refractivity contribution in [2.45, 2.75) is 220 Å². The van der Waals surface area contributed by atoms with Gasteiger partial charge in [0.1, 0.15) is 0 Å². The molecule has 0 aliphatic heterocycles. The number of rotatable bonds is 36. The van der Waals surface area contributed by atoms with Crippen LogP contribution in [0.15, 0.2) is 0 Å². The molecular formula is C40H82N2O. The summed E-state index contributed by atoms with van der Waals surface area (Å²) >= 11 is 0. The van der Waals surface area contributed by atoms with Gasteiger partial charge in [-0.3, -0.25) is 9.69 Å². The molecule has 0 saturated carbocycles. The molecule has 0 bridgehead atoms. The van der Waals surface area contributed by atoms with Gasteiger partial charge in [-0.2, -0.15) is 0 Å². The maximum atomic E-state index is 13.3. The summed E-state index contributed by atoms with van der Waals surface area (Å²) in [7, 11) is 0. The summed E-state index contributed by atoms with van der Waals surface area (Å²) in [4.78, 5) is 18.0. The molecule has 1 amide bonds. The predicted molar refractivity (Wildman–Crippen MR) is 194 cm³/mol. The number of likely N-dealkylation sites (N-methyl/N-ethyl adjacent to an activating group) is 1. The Morgan fingerprint density at radius 3 is 0.884 bits per heavy atom. The molecule has 0 spiro atoms. The summed E-state index contributed by atoms with van der Waals surface area (Å²) in [5.74, 6) is 0.373. The van der Waals surface area contributed by atoms with Gasteiger partial charge in [0, 0.05) is 13.1 Å². The zero-order valence-electron chi connectivity index (χ0n) is 30.6. The molecule has 0 saturated heterocycles. The number of hydrogen-bond donors (Lipinski definition) is 0. The van der Waals surface area contributed by atoms with Crippen molar-refractivity contribution in [1.82, 2.24) is 9.80 Å². The third-order valence-corrected chi connectivity index (χ3v) is 9.53. The molecule has 0 aromatic rings. The van der Waals surface area contributed by atoms with E-state index >= 15 is 0 Å². The van der Waals surface area contributed by atoms with Crippen molar-refractivity contribution in [3.63, 3.8) is 0 Å². The van der Waals surface area contributed by atoms with Crippen molar-refractivity contribution in [2.24, 2.45) is 0 Å². The van der Waals surface area contributed by atoms with Crippen molar-refractivity contribution in [3.05, 3.63) is 0 Å². The molecule has 0 atom stereocenters. The van der Waals surface area contributed by atoms with Gasteiger partial charge in [0.2, 0.25) is 5.91 Å². The molecular weight excluding hydrogens is 524 g/mol. The normalized spacial score (nSPS) is 11.6. The minimum atomic E-state index is 0.373. The monoisotopic (exact) mass is 607 g/mol. The van der Waals surface area contributed by atoms with Crippen LogP contribution in [-0.4, -0.2) is 48.4 Å². The van der Waals surface area contributed by atoms with E-state index in [-0.39, 0.29) is 0 Å². The summed E-state index contributed by atoms with van der Waals surface area (Å²) in [6, 6.07) is 0. The van der Waals surface area contributed by atoms with Crippen LogP contribution in [0.1, 0.15) is 220 Å². The first-order valence-corrected chi connectivity index (χ1v) is 20.2. The lowest BCUT2D eigenvalue weighted by Gasteiger charge is -2.27. The first-order valence-electron chi connectivity index (χ1n) is 20.2. The number of carbonyl (C=O) groups excluding carboxylic acids is 1. The van der Waals surface area contributed by atoms with Crippen molar-refractivity contribution in [2.75, 3.05) is 32.7 Å². The van der Waals surface area contributed by atoms with Gasteiger partial charge >= 0.3 is 0 Å². The minimum absolute atomic E-state index is 0.373. The average Bonchev–Trinajstić information content (AvgIpc) is 3.01. The van der Waals surface area contributed by atoms with Crippen LogP contribution >= 0.6 is 0 Å². The molecule has 43 heavy (non-hydrogen) atoms. The molecule has 0 fully saturated rings. The Morgan fingerprint density at radius 1 is 0.349 bits per heavy atom. The lowest BCUT2D eigenvalue weighted by atomic mass is 10.1. The van der Waals surface area contributed by atoms with E-state index in [0.29, 0.717) is 12.5 Å².